The van der Waals surface area contributed by atoms with Crippen LogP contribution in [0.2, 0.25) is 0 Å². The molecule has 0 unspecified atom stereocenters. The first-order valence-electron chi connectivity index (χ1n) is 9.79. The van der Waals surface area contributed by atoms with Crippen molar-refractivity contribution in [1.29, 1.82) is 0 Å². The van der Waals surface area contributed by atoms with Gasteiger partial charge in [0, 0.05) is 31.9 Å². The third-order valence-electron chi connectivity index (χ3n) is 5.25. The maximum absolute atomic E-state index is 13.2. The Hall–Kier alpha value is -2.84. The van der Waals surface area contributed by atoms with Gasteiger partial charge in [-0.05, 0) is 61.4 Å². The highest BCUT2D eigenvalue weighted by Gasteiger charge is 2.30. The van der Waals surface area contributed by atoms with Crippen molar-refractivity contribution < 1.29 is 22.7 Å². The van der Waals surface area contributed by atoms with Crippen LogP contribution in [0.3, 0.4) is 0 Å². The highest BCUT2D eigenvalue weighted by molar-refractivity contribution is 7.89. The van der Waals surface area contributed by atoms with E-state index in [0.29, 0.717) is 25.1 Å². The van der Waals surface area contributed by atoms with Crippen molar-refractivity contribution in [3.8, 4) is 11.5 Å². The van der Waals surface area contributed by atoms with Crippen LogP contribution in [-0.4, -0.2) is 52.5 Å². The molecule has 0 aliphatic carbocycles. The maximum Gasteiger partial charge on any atom is 0.257 e. The Balaban J connectivity index is 1.61. The first-order valence-corrected chi connectivity index (χ1v) is 11.2. The number of ether oxygens (including phenoxy) is 2. The topological polar surface area (TPSA) is 76.2 Å². The van der Waals surface area contributed by atoms with E-state index in [1.807, 2.05) is 31.2 Å². The summed E-state index contributed by atoms with van der Waals surface area (Å²) in [5.41, 5.74) is 2.95. The molecule has 8 heteroatoms. The van der Waals surface area contributed by atoms with E-state index in [4.69, 9.17) is 9.47 Å². The van der Waals surface area contributed by atoms with E-state index < -0.39 is 10.0 Å². The minimum Gasteiger partial charge on any atom is -0.494 e. The molecule has 0 N–H and O–H groups in total. The molecule has 2 aliphatic heterocycles. The van der Waals surface area contributed by atoms with Crippen LogP contribution in [0.1, 0.15) is 18.1 Å². The average molecular weight is 429 g/mol. The molecule has 2 aromatic rings. The summed E-state index contributed by atoms with van der Waals surface area (Å²) < 4.78 is 37.3. The number of carbonyl (C=O) groups excluding carboxylic acids is 1. The quantitative estimate of drug-likeness (QED) is 0.732. The second-order valence-corrected chi connectivity index (χ2v) is 9.53. The summed E-state index contributed by atoms with van der Waals surface area (Å²) in [5, 5.41) is 0. The molecule has 30 heavy (non-hydrogen) atoms. The number of hydrogen-bond donors (Lipinski definition) is 0. The summed E-state index contributed by atoms with van der Waals surface area (Å²) in [4.78, 5) is 15.1. The summed E-state index contributed by atoms with van der Waals surface area (Å²) in [7, 11) is -0.507. The van der Waals surface area contributed by atoms with Gasteiger partial charge in [0.05, 0.1) is 17.1 Å². The Morgan fingerprint density at radius 2 is 2.00 bits per heavy atom. The third kappa shape index (κ3) is 3.57. The number of hydrogen-bond acceptors (Lipinski definition) is 5. The smallest absolute Gasteiger partial charge is 0.257 e. The van der Waals surface area contributed by atoms with Gasteiger partial charge in [-0.2, -0.15) is 0 Å². The molecule has 0 fully saturated rings. The van der Waals surface area contributed by atoms with Crippen molar-refractivity contribution in [3.63, 3.8) is 0 Å². The summed E-state index contributed by atoms with van der Waals surface area (Å²) in [6.45, 7) is 3.17. The number of fused-ring (bicyclic) bond motifs is 2. The molecule has 0 aromatic heterocycles. The Kier molecular flexibility index (Phi) is 5.29. The lowest BCUT2D eigenvalue weighted by molar-refractivity contribution is -0.115. The van der Waals surface area contributed by atoms with Crippen molar-refractivity contribution in [2.24, 2.45) is 0 Å². The fourth-order valence-electron chi connectivity index (χ4n) is 3.67. The van der Waals surface area contributed by atoms with E-state index in [2.05, 4.69) is 0 Å². The fraction of sp³-hybridized carbons (Fsp3) is 0.318. The molecule has 7 nitrogen and oxygen atoms in total. The zero-order valence-electron chi connectivity index (χ0n) is 17.2. The molecule has 158 valence electrons. The van der Waals surface area contributed by atoms with Crippen LogP contribution in [0.5, 0.6) is 11.5 Å². The van der Waals surface area contributed by atoms with Crippen LogP contribution < -0.4 is 14.4 Å². The average Bonchev–Trinajstić information content (AvgIpc) is 3.16. The van der Waals surface area contributed by atoms with Crippen molar-refractivity contribution in [1.82, 2.24) is 4.31 Å². The SMILES string of the molecule is CCOc1ccc2c(c1)C=C(C(=O)N1CCc3cc(S(=O)(=O)N(C)C)ccc31)CO2. The summed E-state index contributed by atoms with van der Waals surface area (Å²) >= 11 is 0. The number of benzene rings is 2. The van der Waals surface area contributed by atoms with Crippen LogP contribution in [0.25, 0.3) is 6.08 Å². The van der Waals surface area contributed by atoms with Gasteiger partial charge in [-0.3, -0.25) is 4.79 Å². The van der Waals surface area contributed by atoms with Gasteiger partial charge >= 0.3 is 0 Å². The second-order valence-electron chi connectivity index (χ2n) is 7.38. The van der Waals surface area contributed by atoms with E-state index in [1.165, 1.54) is 18.4 Å². The predicted molar refractivity (Wildman–Crippen MR) is 114 cm³/mol. The van der Waals surface area contributed by atoms with E-state index >= 15 is 0 Å². The normalized spacial score (nSPS) is 15.3. The Bertz CT molecular complexity index is 1140. The Morgan fingerprint density at radius 3 is 2.73 bits per heavy atom. The molecule has 2 heterocycles. The Morgan fingerprint density at radius 1 is 1.20 bits per heavy atom. The van der Waals surface area contributed by atoms with Crippen LogP contribution in [-0.2, 0) is 21.2 Å². The van der Waals surface area contributed by atoms with Crippen LogP contribution >= 0.6 is 0 Å². The summed E-state index contributed by atoms with van der Waals surface area (Å²) in [5.74, 6) is 1.31. The predicted octanol–water partition coefficient (Wildman–Crippen LogP) is 2.70. The number of nitrogens with zero attached hydrogens (tertiary/aromatic N) is 2. The van der Waals surface area contributed by atoms with E-state index in [0.717, 1.165) is 28.3 Å². The van der Waals surface area contributed by atoms with E-state index in [9.17, 15) is 13.2 Å². The monoisotopic (exact) mass is 428 g/mol. The van der Waals surface area contributed by atoms with Gasteiger partial charge in [0.15, 0.2) is 0 Å². The number of rotatable bonds is 5. The van der Waals surface area contributed by atoms with Gasteiger partial charge < -0.3 is 14.4 Å². The maximum atomic E-state index is 13.2. The zero-order chi connectivity index (χ0) is 21.5. The second kappa shape index (κ2) is 7.77. The highest BCUT2D eigenvalue weighted by atomic mass is 32.2. The molecule has 1 amide bonds. The van der Waals surface area contributed by atoms with Crippen molar-refractivity contribution in [2.75, 3.05) is 38.8 Å². The summed E-state index contributed by atoms with van der Waals surface area (Å²) in [6.07, 6.45) is 2.45. The van der Waals surface area contributed by atoms with Crippen molar-refractivity contribution >= 4 is 27.7 Å². The minimum atomic E-state index is -3.51. The van der Waals surface area contributed by atoms with E-state index in [1.54, 1.807) is 23.1 Å². The Labute approximate surface area is 176 Å². The number of anilines is 1. The number of carbonyl (C=O) groups is 1. The summed E-state index contributed by atoms with van der Waals surface area (Å²) in [6, 6.07) is 10.5. The molecule has 2 aliphatic rings. The molecule has 0 saturated heterocycles. The van der Waals surface area contributed by atoms with Crippen LogP contribution in [0.4, 0.5) is 5.69 Å². The van der Waals surface area contributed by atoms with Crippen LogP contribution in [0, 0.1) is 0 Å². The lowest BCUT2D eigenvalue weighted by Crippen LogP contribution is -2.32. The molecule has 0 spiro atoms. The standard InChI is InChI=1S/C22H24N2O5S/c1-4-28-18-5-8-21-16(12-18)11-17(14-29-21)22(25)24-10-9-15-13-19(6-7-20(15)24)30(26,27)23(2)3/h5-8,11-13H,4,9-10,14H2,1-3H3. The molecule has 0 atom stereocenters. The lowest BCUT2D eigenvalue weighted by Gasteiger charge is -2.23. The van der Waals surface area contributed by atoms with Gasteiger partial charge in [-0.15, -0.1) is 0 Å². The molecular formula is C22H24N2O5S. The molecular weight excluding hydrogens is 404 g/mol. The third-order valence-corrected chi connectivity index (χ3v) is 7.06. The highest BCUT2D eigenvalue weighted by Crippen LogP contribution is 2.34. The molecule has 0 bridgehead atoms. The fourth-order valence-corrected chi connectivity index (χ4v) is 4.62. The van der Waals surface area contributed by atoms with Gasteiger partial charge in [-0.1, -0.05) is 0 Å². The molecule has 0 saturated carbocycles. The van der Waals surface area contributed by atoms with Gasteiger partial charge in [0.1, 0.15) is 18.1 Å². The lowest BCUT2D eigenvalue weighted by atomic mass is 10.1. The first-order chi connectivity index (χ1) is 14.3. The molecule has 0 radical (unpaired) electrons. The largest absolute Gasteiger partial charge is 0.494 e. The van der Waals surface area contributed by atoms with Gasteiger partial charge in [-0.25, -0.2) is 12.7 Å². The van der Waals surface area contributed by atoms with Crippen LogP contribution in [0.15, 0.2) is 46.9 Å². The minimum absolute atomic E-state index is 0.135. The van der Waals surface area contributed by atoms with E-state index in [-0.39, 0.29) is 17.4 Å². The zero-order valence-corrected chi connectivity index (χ0v) is 18.0. The van der Waals surface area contributed by atoms with Gasteiger partial charge in [0.25, 0.3) is 5.91 Å². The number of amides is 1. The van der Waals surface area contributed by atoms with Crippen molar-refractivity contribution in [2.45, 2.75) is 18.2 Å². The van der Waals surface area contributed by atoms with Gasteiger partial charge in [0.2, 0.25) is 10.0 Å². The first kappa shape index (κ1) is 20.4. The number of sulfonamides is 1. The molecule has 2 aromatic carbocycles. The molecule has 4 rings (SSSR count). The van der Waals surface area contributed by atoms with Crippen molar-refractivity contribution in [3.05, 3.63) is 53.1 Å².